The van der Waals surface area contributed by atoms with Crippen LogP contribution in [0.4, 0.5) is 4.39 Å². The minimum atomic E-state index is -1.15. The van der Waals surface area contributed by atoms with Gasteiger partial charge in [-0.3, -0.25) is 0 Å². The first kappa shape index (κ1) is 23.8. The third-order valence-electron chi connectivity index (χ3n) is 6.75. The molecule has 6 heteroatoms. The van der Waals surface area contributed by atoms with Gasteiger partial charge in [0.2, 0.25) is 0 Å². The first-order valence-electron chi connectivity index (χ1n) is 12.1. The quantitative estimate of drug-likeness (QED) is 0.317. The molecule has 5 nitrogen and oxygen atoms in total. The number of nitrogens with one attached hydrogen (secondary N) is 1. The van der Waals surface area contributed by atoms with Gasteiger partial charge in [-0.1, -0.05) is 72.8 Å². The number of hydrogen-bond donors (Lipinski definition) is 2. The van der Waals surface area contributed by atoms with Crippen molar-refractivity contribution < 1.29 is 23.8 Å². The Hall–Kier alpha value is -3.90. The van der Waals surface area contributed by atoms with E-state index in [0.29, 0.717) is 18.5 Å². The SMILES string of the molecule is CC(NCC1CC(c2cccc(OCC(=O)O)c2F)c2ccccc2O1)c1cccc2ccccc12. The molecule has 0 radical (unpaired) electrons. The molecule has 4 aromatic rings. The largest absolute Gasteiger partial charge is 0.489 e. The fourth-order valence-electron chi connectivity index (χ4n) is 5.01. The van der Waals surface area contributed by atoms with Crippen LogP contribution >= 0.6 is 0 Å². The summed E-state index contributed by atoms with van der Waals surface area (Å²) in [5.41, 5.74) is 2.60. The molecule has 0 aromatic heterocycles. The number of hydrogen-bond acceptors (Lipinski definition) is 4. The van der Waals surface area contributed by atoms with E-state index in [2.05, 4.69) is 42.6 Å². The zero-order chi connectivity index (χ0) is 25.1. The van der Waals surface area contributed by atoms with E-state index in [1.807, 2.05) is 36.4 Å². The average molecular weight is 486 g/mol. The molecule has 0 saturated heterocycles. The lowest BCUT2D eigenvalue weighted by molar-refractivity contribution is -0.139. The second-order valence-electron chi connectivity index (χ2n) is 9.11. The molecule has 0 fully saturated rings. The lowest BCUT2D eigenvalue weighted by Gasteiger charge is -2.33. The fourth-order valence-corrected chi connectivity index (χ4v) is 5.01. The van der Waals surface area contributed by atoms with E-state index in [4.69, 9.17) is 14.6 Å². The number of halogens is 1. The summed E-state index contributed by atoms with van der Waals surface area (Å²) in [5.74, 6) is -1.25. The van der Waals surface area contributed by atoms with Gasteiger partial charge in [-0.2, -0.15) is 0 Å². The van der Waals surface area contributed by atoms with Crippen LogP contribution in [0.3, 0.4) is 0 Å². The highest BCUT2D eigenvalue weighted by Crippen LogP contribution is 2.42. The Bertz CT molecular complexity index is 1380. The number of carboxylic acid groups (broad SMARTS) is 1. The van der Waals surface area contributed by atoms with Crippen LogP contribution in [-0.2, 0) is 4.79 Å². The maximum absolute atomic E-state index is 15.4. The maximum atomic E-state index is 15.4. The Morgan fingerprint density at radius 2 is 1.75 bits per heavy atom. The fraction of sp³-hybridized carbons (Fsp3) is 0.233. The molecular weight excluding hydrogens is 457 g/mol. The molecule has 0 saturated carbocycles. The van der Waals surface area contributed by atoms with Crippen LogP contribution in [0.1, 0.15) is 42.0 Å². The van der Waals surface area contributed by atoms with Gasteiger partial charge >= 0.3 is 5.97 Å². The van der Waals surface area contributed by atoms with Gasteiger partial charge in [0.1, 0.15) is 11.9 Å². The second kappa shape index (κ2) is 10.4. The third-order valence-corrected chi connectivity index (χ3v) is 6.75. The molecule has 0 bridgehead atoms. The number of aliphatic carboxylic acids is 1. The molecule has 36 heavy (non-hydrogen) atoms. The summed E-state index contributed by atoms with van der Waals surface area (Å²) in [4.78, 5) is 10.9. The number of carboxylic acids is 1. The van der Waals surface area contributed by atoms with Gasteiger partial charge in [-0.15, -0.1) is 0 Å². The molecule has 0 spiro atoms. The highest BCUT2D eigenvalue weighted by molar-refractivity contribution is 5.86. The highest BCUT2D eigenvalue weighted by atomic mass is 19.1. The monoisotopic (exact) mass is 485 g/mol. The van der Waals surface area contributed by atoms with E-state index in [0.717, 1.165) is 11.3 Å². The van der Waals surface area contributed by atoms with Gasteiger partial charge in [-0.05, 0) is 47.4 Å². The van der Waals surface area contributed by atoms with E-state index in [9.17, 15) is 4.79 Å². The summed E-state index contributed by atoms with van der Waals surface area (Å²) in [7, 11) is 0. The number of rotatable bonds is 8. The lowest BCUT2D eigenvalue weighted by atomic mass is 9.83. The Kier molecular flexibility index (Phi) is 6.87. The Morgan fingerprint density at radius 1 is 1.03 bits per heavy atom. The molecular formula is C30H28FNO4. The van der Waals surface area contributed by atoms with Gasteiger partial charge in [0, 0.05) is 24.1 Å². The molecule has 2 N–H and O–H groups in total. The van der Waals surface area contributed by atoms with Gasteiger partial charge in [0.15, 0.2) is 18.2 Å². The average Bonchev–Trinajstić information content (AvgIpc) is 2.90. The Labute approximate surface area is 209 Å². The predicted octanol–water partition coefficient (Wildman–Crippen LogP) is 6.08. The van der Waals surface area contributed by atoms with Gasteiger partial charge in [0.05, 0.1) is 0 Å². The normalized spacial score (nSPS) is 17.7. The van der Waals surface area contributed by atoms with Crippen molar-refractivity contribution in [1.82, 2.24) is 5.32 Å². The van der Waals surface area contributed by atoms with Gasteiger partial charge < -0.3 is 19.9 Å². The number of carbonyl (C=O) groups is 1. The van der Waals surface area contributed by atoms with Crippen LogP contribution < -0.4 is 14.8 Å². The Morgan fingerprint density at radius 3 is 2.61 bits per heavy atom. The molecule has 184 valence electrons. The van der Waals surface area contributed by atoms with Crippen molar-refractivity contribution in [1.29, 1.82) is 0 Å². The zero-order valence-corrected chi connectivity index (χ0v) is 20.0. The highest BCUT2D eigenvalue weighted by Gasteiger charge is 2.32. The van der Waals surface area contributed by atoms with Gasteiger partial charge in [-0.25, -0.2) is 9.18 Å². The zero-order valence-electron chi connectivity index (χ0n) is 20.0. The molecule has 0 amide bonds. The number of ether oxygens (including phenoxy) is 2. The molecule has 5 rings (SSSR count). The topological polar surface area (TPSA) is 67.8 Å². The number of fused-ring (bicyclic) bond motifs is 2. The minimum absolute atomic E-state index is 0.0573. The van der Waals surface area contributed by atoms with Crippen LogP contribution in [0, 0.1) is 5.82 Å². The van der Waals surface area contributed by atoms with Crippen molar-refractivity contribution in [2.45, 2.75) is 31.4 Å². The molecule has 4 aromatic carbocycles. The summed E-state index contributed by atoms with van der Waals surface area (Å²) >= 11 is 0. The minimum Gasteiger partial charge on any atom is -0.489 e. The van der Waals surface area contributed by atoms with E-state index in [1.54, 1.807) is 12.1 Å². The van der Waals surface area contributed by atoms with Crippen molar-refractivity contribution in [2.24, 2.45) is 0 Å². The third kappa shape index (κ3) is 4.90. The van der Waals surface area contributed by atoms with Crippen molar-refractivity contribution in [2.75, 3.05) is 13.2 Å². The summed E-state index contributed by atoms with van der Waals surface area (Å²) in [6.07, 6.45) is 0.399. The van der Waals surface area contributed by atoms with Crippen LogP contribution in [-0.4, -0.2) is 30.3 Å². The van der Waals surface area contributed by atoms with Crippen molar-refractivity contribution >= 4 is 16.7 Å². The van der Waals surface area contributed by atoms with E-state index < -0.39 is 18.4 Å². The van der Waals surface area contributed by atoms with Crippen molar-refractivity contribution in [3.05, 3.63) is 107 Å². The first-order chi connectivity index (χ1) is 17.5. The smallest absolute Gasteiger partial charge is 0.341 e. The molecule has 3 unspecified atom stereocenters. The van der Waals surface area contributed by atoms with Crippen LogP contribution in [0.2, 0.25) is 0 Å². The molecule has 1 aliphatic heterocycles. The maximum Gasteiger partial charge on any atom is 0.341 e. The van der Waals surface area contributed by atoms with E-state index in [1.165, 1.54) is 22.4 Å². The molecule has 0 aliphatic carbocycles. The standard InChI is InChI=1S/C30H28FNO4/c1-19(22-12-6-9-20-8-2-3-10-23(20)22)32-17-21-16-26(24-11-4-5-14-27(24)36-21)25-13-7-15-28(30(25)31)35-18-29(33)34/h2-15,19,21,26,32H,16-18H2,1H3,(H,33,34). The summed E-state index contributed by atoms with van der Waals surface area (Å²) in [6.45, 7) is 2.13. The summed E-state index contributed by atoms with van der Waals surface area (Å²) < 4.78 is 26.9. The van der Waals surface area contributed by atoms with Crippen molar-refractivity contribution in [3.63, 3.8) is 0 Å². The van der Waals surface area contributed by atoms with Gasteiger partial charge in [0.25, 0.3) is 0 Å². The summed E-state index contributed by atoms with van der Waals surface area (Å²) in [6, 6.07) is 27.3. The van der Waals surface area contributed by atoms with Crippen molar-refractivity contribution in [3.8, 4) is 11.5 Å². The molecule has 1 aliphatic rings. The number of para-hydroxylation sites is 1. The Balaban J connectivity index is 1.37. The second-order valence-corrected chi connectivity index (χ2v) is 9.11. The number of benzene rings is 4. The van der Waals surface area contributed by atoms with Crippen LogP contribution in [0.25, 0.3) is 10.8 Å². The predicted molar refractivity (Wildman–Crippen MR) is 137 cm³/mol. The molecule has 1 heterocycles. The van der Waals surface area contributed by atoms with E-state index >= 15 is 4.39 Å². The first-order valence-corrected chi connectivity index (χ1v) is 12.1. The van der Waals surface area contributed by atoms with E-state index in [-0.39, 0.29) is 23.8 Å². The molecule has 3 atom stereocenters. The van der Waals surface area contributed by atoms with Crippen LogP contribution in [0.15, 0.2) is 84.9 Å². The van der Waals surface area contributed by atoms with Crippen LogP contribution in [0.5, 0.6) is 11.5 Å². The summed E-state index contributed by atoms with van der Waals surface area (Å²) in [5, 5.41) is 15.0. The lowest BCUT2D eigenvalue weighted by Crippen LogP contribution is -2.37.